The van der Waals surface area contributed by atoms with Crippen LogP contribution in [-0.2, 0) is 32.6 Å². The van der Waals surface area contributed by atoms with Gasteiger partial charge in [0.15, 0.2) is 0 Å². The predicted molar refractivity (Wildman–Crippen MR) is 183 cm³/mol. The number of para-hydroxylation sites is 2. The van der Waals surface area contributed by atoms with E-state index in [0.29, 0.717) is 15.6 Å². The van der Waals surface area contributed by atoms with Crippen molar-refractivity contribution in [3.63, 3.8) is 0 Å². The molecule has 1 atom stereocenters. The molecule has 0 saturated carbocycles. The maximum atomic E-state index is 14.6. The summed E-state index contributed by atoms with van der Waals surface area (Å²) in [5, 5.41) is 3.72. The highest BCUT2D eigenvalue weighted by Gasteiger charge is 2.36. The van der Waals surface area contributed by atoms with Gasteiger partial charge in [-0.3, -0.25) is 13.9 Å². The van der Waals surface area contributed by atoms with Crippen LogP contribution in [0.1, 0.15) is 31.9 Å². The van der Waals surface area contributed by atoms with E-state index in [1.807, 2.05) is 51.1 Å². The van der Waals surface area contributed by atoms with Crippen molar-refractivity contribution >= 4 is 50.7 Å². The molecule has 2 amide bonds. The second-order valence-electron chi connectivity index (χ2n) is 11.7. The number of nitrogens with zero attached hydrogens (tertiary/aromatic N) is 2. The highest BCUT2D eigenvalue weighted by molar-refractivity contribution is 7.92. The predicted octanol–water partition coefficient (Wildman–Crippen LogP) is 6.75. The number of rotatable bonds is 12. The first kappa shape index (κ1) is 34.8. The number of sulfonamides is 1. The third-order valence-corrected chi connectivity index (χ3v) is 9.45. The highest BCUT2D eigenvalue weighted by Crippen LogP contribution is 2.33. The van der Waals surface area contributed by atoms with Crippen molar-refractivity contribution in [2.24, 2.45) is 0 Å². The number of benzene rings is 4. The Labute approximate surface area is 280 Å². The van der Waals surface area contributed by atoms with Crippen LogP contribution < -0.4 is 14.4 Å². The number of methoxy groups -OCH3 is 1. The second-order valence-corrected chi connectivity index (χ2v) is 14.4. The topological polar surface area (TPSA) is 96.0 Å². The van der Waals surface area contributed by atoms with E-state index in [1.54, 1.807) is 60.7 Å². The van der Waals surface area contributed by atoms with Gasteiger partial charge in [0.1, 0.15) is 18.3 Å². The molecule has 4 aromatic carbocycles. The second kappa shape index (κ2) is 15.0. The number of ether oxygens (including phenoxy) is 1. The molecule has 0 unspecified atom stereocenters. The van der Waals surface area contributed by atoms with E-state index in [0.717, 1.165) is 9.87 Å². The number of hydrogen-bond donors (Lipinski definition) is 1. The van der Waals surface area contributed by atoms with Crippen molar-refractivity contribution < 1.29 is 22.7 Å². The SMILES string of the molecule is COc1ccccc1N(CC(=O)N(Cc1ccc(Cl)cc1Cl)[C@H](Cc1ccccc1)C(=O)NC(C)(C)C)S(=O)(=O)c1ccccc1. The van der Waals surface area contributed by atoms with Gasteiger partial charge in [0.05, 0.1) is 17.7 Å². The minimum absolute atomic E-state index is 0.00712. The summed E-state index contributed by atoms with van der Waals surface area (Å²) in [6.07, 6.45) is 0.166. The molecule has 0 radical (unpaired) electrons. The Kier molecular flexibility index (Phi) is 11.4. The number of hydrogen-bond acceptors (Lipinski definition) is 5. The molecule has 0 aliphatic heterocycles. The van der Waals surface area contributed by atoms with Gasteiger partial charge in [-0.1, -0.05) is 89.9 Å². The first-order valence-electron chi connectivity index (χ1n) is 14.6. The molecular formula is C35H37Cl2N3O5S. The lowest BCUT2D eigenvalue weighted by Gasteiger charge is -2.35. The lowest BCUT2D eigenvalue weighted by Crippen LogP contribution is -2.56. The van der Waals surface area contributed by atoms with Crippen molar-refractivity contribution in [2.75, 3.05) is 18.0 Å². The van der Waals surface area contributed by atoms with Gasteiger partial charge >= 0.3 is 0 Å². The van der Waals surface area contributed by atoms with Crippen molar-refractivity contribution in [3.8, 4) is 5.75 Å². The monoisotopic (exact) mass is 681 g/mol. The van der Waals surface area contributed by atoms with E-state index in [4.69, 9.17) is 27.9 Å². The van der Waals surface area contributed by atoms with Crippen LogP contribution in [0.25, 0.3) is 0 Å². The van der Waals surface area contributed by atoms with Crippen molar-refractivity contribution in [1.29, 1.82) is 0 Å². The Bertz CT molecular complexity index is 1760. The fourth-order valence-corrected chi connectivity index (χ4v) is 6.82. The summed E-state index contributed by atoms with van der Waals surface area (Å²) in [6, 6.07) is 27.6. The van der Waals surface area contributed by atoms with Crippen LogP contribution in [0.5, 0.6) is 5.75 Å². The summed E-state index contributed by atoms with van der Waals surface area (Å²) in [5.74, 6) is -0.764. The zero-order chi connectivity index (χ0) is 33.5. The van der Waals surface area contributed by atoms with Gasteiger partial charge in [-0.05, 0) is 68.3 Å². The third-order valence-electron chi connectivity index (χ3n) is 7.09. The Balaban J connectivity index is 1.86. The number of carbonyl (C=O) groups excluding carboxylic acids is 2. The molecule has 0 spiro atoms. The molecular weight excluding hydrogens is 645 g/mol. The molecule has 4 aromatic rings. The van der Waals surface area contributed by atoms with Crippen LogP contribution in [0.3, 0.4) is 0 Å². The van der Waals surface area contributed by atoms with Crippen LogP contribution in [0.2, 0.25) is 10.0 Å². The van der Waals surface area contributed by atoms with Crippen LogP contribution in [0, 0.1) is 0 Å². The minimum Gasteiger partial charge on any atom is -0.495 e. The Hall–Kier alpha value is -4.05. The Morgan fingerprint density at radius 1 is 0.870 bits per heavy atom. The van der Waals surface area contributed by atoms with Crippen molar-refractivity contribution in [2.45, 2.75) is 50.2 Å². The maximum absolute atomic E-state index is 14.6. The van der Waals surface area contributed by atoms with Crippen LogP contribution in [-0.4, -0.2) is 50.4 Å². The number of anilines is 1. The van der Waals surface area contributed by atoms with E-state index >= 15 is 0 Å². The quantitative estimate of drug-likeness (QED) is 0.178. The molecule has 242 valence electrons. The maximum Gasteiger partial charge on any atom is 0.264 e. The number of carbonyl (C=O) groups is 2. The highest BCUT2D eigenvalue weighted by atomic mass is 35.5. The number of halogens is 2. The molecule has 0 aliphatic carbocycles. The van der Waals surface area contributed by atoms with Gasteiger partial charge in [-0.2, -0.15) is 0 Å². The number of nitrogens with one attached hydrogen (secondary N) is 1. The molecule has 0 heterocycles. The minimum atomic E-state index is -4.27. The average Bonchev–Trinajstić information content (AvgIpc) is 3.02. The molecule has 0 bridgehead atoms. The summed E-state index contributed by atoms with van der Waals surface area (Å²) >= 11 is 12.7. The fraction of sp³-hybridized carbons (Fsp3) is 0.257. The molecule has 0 saturated heterocycles. The lowest BCUT2D eigenvalue weighted by molar-refractivity contribution is -0.140. The van der Waals surface area contributed by atoms with E-state index in [-0.39, 0.29) is 29.3 Å². The van der Waals surface area contributed by atoms with E-state index in [1.165, 1.54) is 24.1 Å². The van der Waals surface area contributed by atoms with Gasteiger partial charge in [-0.25, -0.2) is 8.42 Å². The van der Waals surface area contributed by atoms with Crippen LogP contribution in [0.4, 0.5) is 5.69 Å². The Morgan fingerprint density at radius 3 is 2.09 bits per heavy atom. The van der Waals surface area contributed by atoms with Gasteiger partial charge in [0.25, 0.3) is 10.0 Å². The first-order valence-corrected chi connectivity index (χ1v) is 16.8. The summed E-state index contributed by atoms with van der Waals surface area (Å²) in [6.45, 7) is 4.83. The Morgan fingerprint density at radius 2 is 1.48 bits per heavy atom. The number of amides is 2. The molecule has 46 heavy (non-hydrogen) atoms. The lowest BCUT2D eigenvalue weighted by atomic mass is 10.0. The molecule has 4 rings (SSSR count). The van der Waals surface area contributed by atoms with E-state index in [9.17, 15) is 18.0 Å². The fourth-order valence-electron chi connectivity index (χ4n) is 4.91. The average molecular weight is 683 g/mol. The van der Waals surface area contributed by atoms with Gasteiger partial charge in [-0.15, -0.1) is 0 Å². The third kappa shape index (κ3) is 8.81. The molecule has 0 fully saturated rings. The van der Waals surface area contributed by atoms with Crippen LogP contribution >= 0.6 is 23.2 Å². The molecule has 0 aromatic heterocycles. The summed E-state index contributed by atoms with van der Waals surface area (Å²) in [5.41, 5.74) is 0.912. The zero-order valence-corrected chi connectivity index (χ0v) is 28.4. The van der Waals surface area contributed by atoms with Gasteiger partial charge in [0.2, 0.25) is 11.8 Å². The normalized spacial score (nSPS) is 12.2. The molecule has 8 nitrogen and oxygen atoms in total. The van der Waals surface area contributed by atoms with Crippen molar-refractivity contribution in [1.82, 2.24) is 10.2 Å². The van der Waals surface area contributed by atoms with E-state index < -0.39 is 40.0 Å². The van der Waals surface area contributed by atoms with Crippen LogP contribution in [0.15, 0.2) is 108 Å². The standard InChI is InChI=1S/C35H37Cl2N3O5S/c1-35(2,3)38-34(42)31(21-25-13-7-5-8-14-25)39(23-26-19-20-27(36)22-29(26)37)33(41)24-40(30-17-11-12-18-32(30)45-4)46(43,44)28-15-9-6-10-16-28/h5-20,22,31H,21,23-24H2,1-4H3,(H,38,42)/t31-/m1/s1. The van der Waals surface area contributed by atoms with Gasteiger partial charge < -0.3 is 15.0 Å². The largest absolute Gasteiger partial charge is 0.495 e. The first-order chi connectivity index (χ1) is 21.8. The molecule has 1 N–H and O–H groups in total. The van der Waals surface area contributed by atoms with E-state index in [2.05, 4.69) is 5.32 Å². The molecule has 0 aliphatic rings. The van der Waals surface area contributed by atoms with Gasteiger partial charge in [0, 0.05) is 28.5 Å². The summed E-state index contributed by atoms with van der Waals surface area (Å²) < 4.78 is 34.9. The smallest absolute Gasteiger partial charge is 0.264 e. The van der Waals surface area contributed by atoms with Crippen molar-refractivity contribution in [3.05, 3.63) is 124 Å². The summed E-state index contributed by atoms with van der Waals surface area (Å²) in [7, 11) is -2.85. The summed E-state index contributed by atoms with van der Waals surface area (Å²) in [4.78, 5) is 30.0. The molecule has 11 heteroatoms. The zero-order valence-electron chi connectivity index (χ0n) is 26.1.